The summed E-state index contributed by atoms with van der Waals surface area (Å²) < 4.78 is 19.7. The van der Waals surface area contributed by atoms with Crippen LogP contribution in [0.25, 0.3) is 0 Å². The molecule has 0 spiro atoms. The Labute approximate surface area is 138 Å². The summed E-state index contributed by atoms with van der Waals surface area (Å²) in [6, 6.07) is 5.70. The van der Waals surface area contributed by atoms with E-state index in [0.29, 0.717) is 12.2 Å². The highest BCUT2D eigenvalue weighted by atomic mass is 79.9. The molecule has 1 aromatic heterocycles. The van der Waals surface area contributed by atoms with E-state index in [1.165, 1.54) is 25.3 Å². The van der Waals surface area contributed by atoms with Gasteiger partial charge in [-0.2, -0.15) is 0 Å². The number of carbonyl (C=O) groups excluding carboxylic acids is 1. The van der Waals surface area contributed by atoms with Crippen molar-refractivity contribution in [2.45, 2.75) is 6.54 Å². The lowest BCUT2D eigenvalue weighted by atomic mass is 10.1. The summed E-state index contributed by atoms with van der Waals surface area (Å²) in [6.45, 7) is 0.335. The fourth-order valence-corrected chi connectivity index (χ4v) is 2.83. The largest absolute Gasteiger partial charge is 0.465 e. The summed E-state index contributed by atoms with van der Waals surface area (Å²) in [4.78, 5) is 15.9. The van der Waals surface area contributed by atoms with Crippen LogP contribution in [0.15, 0.2) is 39.4 Å². The summed E-state index contributed by atoms with van der Waals surface area (Å²) in [5, 5.41) is 3.00. The number of aromatic nitrogens is 1. The molecule has 0 aliphatic rings. The first kappa shape index (κ1) is 15.9. The number of benzene rings is 1. The van der Waals surface area contributed by atoms with Crippen LogP contribution in [0, 0.1) is 5.82 Å². The Morgan fingerprint density at radius 3 is 2.81 bits per heavy atom. The SMILES string of the molecule is COC(=O)c1ccc(F)cc1NCc1ncc(Br)cc1Br. The third kappa shape index (κ3) is 4.01. The number of halogens is 3. The molecule has 21 heavy (non-hydrogen) atoms. The van der Waals surface area contributed by atoms with Crippen molar-refractivity contribution < 1.29 is 13.9 Å². The molecule has 0 aliphatic carbocycles. The maximum absolute atomic E-state index is 13.3. The second-order valence-electron chi connectivity index (χ2n) is 4.12. The Kier molecular flexibility index (Phi) is 5.30. The summed E-state index contributed by atoms with van der Waals surface area (Å²) in [7, 11) is 1.28. The first-order valence-electron chi connectivity index (χ1n) is 5.93. The van der Waals surface area contributed by atoms with E-state index in [0.717, 1.165) is 14.6 Å². The molecule has 4 nitrogen and oxygen atoms in total. The fourth-order valence-electron chi connectivity index (χ4n) is 1.70. The lowest BCUT2D eigenvalue weighted by molar-refractivity contribution is 0.0602. The topological polar surface area (TPSA) is 51.2 Å². The summed E-state index contributed by atoms with van der Waals surface area (Å²) in [6.07, 6.45) is 1.66. The van der Waals surface area contributed by atoms with Gasteiger partial charge in [0.2, 0.25) is 0 Å². The zero-order valence-electron chi connectivity index (χ0n) is 11.0. The van der Waals surface area contributed by atoms with Crippen molar-refractivity contribution in [2.24, 2.45) is 0 Å². The molecule has 0 radical (unpaired) electrons. The van der Waals surface area contributed by atoms with Gasteiger partial charge in [-0.3, -0.25) is 4.98 Å². The van der Waals surface area contributed by atoms with Crippen LogP contribution >= 0.6 is 31.9 Å². The smallest absolute Gasteiger partial charge is 0.339 e. The van der Waals surface area contributed by atoms with E-state index >= 15 is 0 Å². The molecular formula is C14H11Br2FN2O2. The highest BCUT2D eigenvalue weighted by molar-refractivity contribution is 9.11. The van der Waals surface area contributed by atoms with E-state index in [4.69, 9.17) is 0 Å². The van der Waals surface area contributed by atoms with E-state index in [-0.39, 0.29) is 5.56 Å². The number of rotatable bonds is 4. The number of pyridine rings is 1. The van der Waals surface area contributed by atoms with Gasteiger partial charge in [0.1, 0.15) is 5.82 Å². The molecular weight excluding hydrogens is 407 g/mol. The van der Waals surface area contributed by atoms with E-state index < -0.39 is 11.8 Å². The molecule has 0 amide bonds. The number of carbonyl (C=O) groups is 1. The Morgan fingerprint density at radius 1 is 1.38 bits per heavy atom. The van der Waals surface area contributed by atoms with E-state index in [1.54, 1.807) is 6.20 Å². The number of hydrogen-bond acceptors (Lipinski definition) is 4. The van der Waals surface area contributed by atoms with Crippen LogP contribution in [0.4, 0.5) is 10.1 Å². The summed E-state index contributed by atoms with van der Waals surface area (Å²) in [5.41, 5.74) is 1.36. The molecule has 0 saturated carbocycles. The average Bonchev–Trinajstić information content (AvgIpc) is 2.45. The van der Waals surface area contributed by atoms with Crippen molar-refractivity contribution >= 4 is 43.5 Å². The number of anilines is 1. The number of hydrogen-bond donors (Lipinski definition) is 1. The Hall–Kier alpha value is -1.47. The van der Waals surface area contributed by atoms with Gasteiger partial charge in [-0.25, -0.2) is 9.18 Å². The molecule has 2 aromatic rings. The minimum absolute atomic E-state index is 0.270. The molecule has 0 fully saturated rings. The summed E-state index contributed by atoms with van der Waals surface area (Å²) >= 11 is 6.72. The lowest BCUT2D eigenvalue weighted by Gasteiger charge is -2.11. The van der Waals surface area contributed by atoms with E-state index in [2.05, 4.69) is 46.9 Å². The van der Waals surface area contributed by atoms with Gasteiger partial charge in [0.05, 0.1) is 30.6 Å². The molecule has 0 bridgehead atoms. The van der Waals surface area contributed by atoms with Gasteiger partial charge < -0.3 is 10.1 Å². The maximum Gasteiger partial charge on any atom is 0.339 e. The average molecular weight is 418 g/mol. The standard InChI is InChI=1S/C14H11Br2FN2O2/c1-21-14(20)10-3-2-9(17)5-12(10)19-7-13-11(16)4-8(15)6-18-13/h2-6,19H,7H2,1H3. The highest BCUT2D eigenvalue weighted by Gasteiger charge is 2.13. The van der Waals surface area contributed by atoms with Gasteiger partial charge in [0.25, 0.3) is 0 Å². The van der Waals surface area contributed by atoms with Gasteiger partial charge >= 0.3 is 5.97 Å². The second-order valence-corrected chi connectivity index (χ2v) is 5.89. The van der Waals surface area contributed by atoms with Crippen LogP contribution in [0.1, 0.15) is 16.1 Å². The molecule has 0 saturated heterocycles. The van der Waals surface area contributed by atoms with Crippen molar-refractivity contribution in [2.75, 3.05) is 12.4 Å². The van der Waals surface area contributed by atoms with Crippen molar-refractivity contribution in [3.05, 3.63) is 56.5 Å². The lowest BCUT2D eigenvalue weighted by Crippen LogP contribution is -2.09. The Bertz CT molecular complexity index is 680. The molecule has 7 heteroatoms. The summed E-state index contributed by atoms with van der Waals surface area (Å²) in [5.74, 6) is -0.965. The molecule has 1 aromatic carbocycles. The van der Waals surface area contributed by atoms with Gasteiger partial charge in [-0.05, 0) is 56.1 Å². The van der Waals surface area contributed by atoms with Crippen LogP contribution in [0.5, 0.6) is 0 Å². The van der Waals surface area contributed by atoms with E-state index in [1.807, 2.05) is 6.07 Å². The second kappa shape index (κ2) is 7.00. The quantitative estimate of drug-likeness (QED) is 0.759. The van der Waals surface area contributed by atoms with Gasteiger partial charge in [0.15, 0.2) is 0 Å². The van der Waals surface area contributed by atoms with Gasteiger partial charge in [-0.1, -0.05) is 0 Å². The highest BCUT2D eigenvalue weighted by Crippen LogP contribution is 2.23. The first-order chi connectivity index (χ1) is 10.0. The number of nitrogens with one attached hydrogen (secondary N) is 1. The number of esters is 1. The van der Waals surface area contributed by atoms with Crippen molar-refractivity contribution in [1.82, 2.24) is 4.98 Å². The monoisotopic (exact) mass is 416 g/mol. The third-order valence-electron chi connectivity index (χ3n) is 2.72. The normalized spacial score (nSPS) is 10.3. The van der Waals surface area contributed by atoms with Crippen LogP contribution in [-0.4, -0.2) is 18.1 Å². The molecule has 110 valence electrons. The van der Waals surface area contributed by atoms with Crippen molar-refractivity contribution in [1.29, 1.82) is 0 Å². The number of methoxy groups -OCH3 is 1. The minimum atomic E-state index is -0.527. The van der Waals surface area contributed by atoms with Crippen molar-refractivity contribution in [3.8, 4) is 0 Å². The number of ether oxygens (including phenoxy) is 1. The minimum Gasteiger partial charge on any atom is -0.465 e. The molecule has 0 aliphatic heterocycles. The van der Waals surface area contributed by atoms with Crippen LogP contribution in [-0.2, 0) is 11.3 Å². The van der Waals surface area contributed by atoms with E-state index in [9.17, 15) is 9.18 Å². The number of nitrogens with zero attached hydrogens (tertiary/aromatic N) is 1. The predicted octanol–water partition coefficient (Wildman–Crippen LogP) is 4.14. The van der Waals surface area contributed by atoms with Gasteiger partial charge in [-0.15, -0.1) is 0 Å². The zero-order chi connectivity index (χ0) is 15.4. The maximum atomic E-state index is 13.3. The predicted molar refractivity (Wildman–Crippen MR) is 84.7 cm³/mol. The van der Waals surface area contributed by atoms with Crippen LogP contribution < -0.4 is 5.32 Å². The first-order valence-corrected chi connectivity index (χ1v) is 7.51. The molecule has 0 atom stereocenters. The third-order valence-corrected chi connectivity index (χ3v) is 3.84. The fraction of sp³-hybridized carbons (Fsp3) is 0.143. The van der Waals surface area contributed by atoms with Gasteiger partial charge in [0, 0.05) is 15.1 Å². The van der Waals surface area contributed by atoms with Crippen LogP contribution in [0.2, 0.25) is 0 Å². The molecule has 2 rings (SSSR count). The zero-order valence-corrected chi connectivity index (χ0v) is 14.2. The van der Waals surface area contributed by atoms with Crippen molar-refractivity contribution in [3.63, 3.8) is 0 Å². The molecule has 1 heterocycles. The Morgan fingerprint density at radius 2 is 2.14 bits per heavy atom. The molecule has 1 N–H and O–H groups in total. The molecule has 0 unspecified atom stereocenters. The van der Waals surface area contributed by atoms with Crippen LogP contribution in [0.3, 0.4) is 0 Å². The Balaban J connectivity index is 2.23.